The minimum Gasteiger partial charge on any atom is -0.356 e. The average molecular weight is 436 g/mol. The Labute approximate surface area is 177 Å². The number of H-pyrrole nitrogens is 1. The van der Waals surface area contributed by atoms with Crippen LogP contribution < -0.4 is 10.2 Å². The molecule has 2 N–H and O–H groups in total. The van der Waals surface area contributed by atoms with Gasteiger partial charge in [0.15, 0.2) is 5.82 Å². The lowest BCUT2D eigenvalue weighted by Crippen LogP contribution is -2.46. The maximum atomic E-state index is 12.5. The highest BCUT2D eigenvalue weighted by Crippen LogP contribution is 2.26. The lowest BCUT2D eigenvalue weighted by molar-refractivity contribution is -0.139. The van der Waals surface area contributed by atoms with Gasteiger partial charge in [-0.05, 0) is 25.0 Å². The van der Waals surface area contributed by atoms with Crippen LogP contribution in [0, 0.1) is 0 Å². The summed E-state index contributed by atoms with van der Waals surface area (Å²) in [6.45, 7) is 0.259. The van der Waals surface area contributed by atoms with Gasteiger partial charge in [0.25, 0.3) is 5.91 Å². The van der Waals surface area contributed by atoms with Crippen molar-refractivity contribution in [3.63, 3.8) is 0 Å². The first-order valence-electron chi connectivity index (χ1n) is 9.89. The van der Waals surface area contributed by atoms with Gasteiger partial charge in [0.05, 0.1) is 0 Å². The highest BCUT2D eigenvalue weighted by molar-refractivity contribution is 5.94. The molecule has 2 aliphatic rings. The van der Waals surface area contributed by atoms with Crippen LogP contribution in [0.2, 0.25) is 0 Å². The van der Waals surface area contributed by atoms with Crippen molar-refractivity contribution < 1.29 is 24.2 Å². The van der Waals surface area contributed by atoms with E-state index in [1.807, 2.05) is 17.5 Å². The SMILES string of the molecule is O=C(NCC(F)(F)F)[C@H]1CCCN1c1ccnc(-c2c[nH]c(C(=O)N3CC=CC3)c2)n1.[HH]. The van der Waals surface area contributed by atoms with Crippen molar-refractivity contribution in [2.24, 2.45) is 0 Å². The number of alkyl halides is 3. The molecular weight excluding hydrogens is 413 g/mol. The molecule has 0 saturated carbocycles. The topological polar surface area (TPSA) is 94.2 Å². The van der Waals surface area contributed by atoms with E-state index in [1.54, 1.807) is 28.1 Å². The van der Waals surface area contributed by atoms with Gasteiger partial charge in [-0.2, -0.15) is 13.2 Å². The number of carbonyl (C=O) groups excluding carboxylic acids is 2. The normalized spacial score (nSPS) is 18.6. The van der Waals surface area contributed by atoms with E-state index in [1.165, 1.54) is 6.20 Å². The van der Waals surface area contributed by atoms with Crippen molar-refractivity contribution in [1.82, 2.24) is 25.2 Å². The molecule has 4 heterocycles. The van der Waals surface area contributed by atoms with Gasteiger partial charge in [0.2, 0.25) is 5.91 Å². The quantitative estimate of drug-likeness (QED) is 0.702. The summed E-state index contributed by atoms with van der Waals surface area (Å²) in [5.41, 5.74) is 1.02. The average Bonchev–Trinajstić information content (AvgIpc) is 3.52. The molecule has 0 aromatic carbocycles. The molecule has 11 heteroatoms. The fourth-order valence-corrected chi connectivity index (χ4v) is 3.73. The van der Waals surface area contributed by atoms with E-state index in [4.69, 9.17) is 0 Å². The number of nitrogens with one attached hydrogen (secondary N) is 2. The van der Waals surface area contributed by atoms with Crippen LogP contribution in [0.3, 0.4) is 0 Å². The molecule has 8 nitrogen and oxygen atoms in total. The van der Waals surface area contributed by atoms with E-state index in [0.717, 1.165) is 0 Å². The maximum Gasteiger partial charge on any atom is 0.405 e. The number of amides is 2. The second-order valence-electron chi connectivity index (χ2n) is 7.41. The Hall–Kier alpha value is -3.37. The predicted octanol–water partition coefficient (Wildman–Crippen LogP) is 2.38. The van der Waals surface area contributed by atoms with Crippen LogP contribution in [0.5, 0.6) is 0 Å². The summed E-state index contributed by atoms with van der Waals surface area (Å²) >= 11 is 0. The zero-order chi connectivity index (χ0) is 22.0. The number of anilines is 1. The second-order valence-corrected chi connectivity index (χ2v) is 7.41. The Bertz CT molecular complexity index is 1000. The van der Waals surface area contributed by atoms with E-state index in [-0.39, 0.29) is 7.33 Å². The van der Waals surface area contributed by atoms with Crippen LogP contribution in [-0.4, -0.2) is 70.1 Å². The third-order valence-corrected chi connectivity index (χ3v) is 5.23. The van der Waals surface area contributed by atoms with Crippen LogP contribution in [0.15, 0.2) is 36.7 Å². The van der Waals surface area contributed by atoms with Gasteiger partial charge in [-0.1, -0.05) is 12.2 Å². The fraction of sp³-hybridized carbons (Fsp3) is 0.400. The number of aromatic nitrogens is 3. The first-order chi connectivity index (χ1) is 14.8. The molecule has 0 unspecified atom stereocenters. The van der Waals surface area contributed by atoms with E-state index < -0.39 is 24.7 Å². The molecule has 2 aliphatic heterocycles. The third kappa shape index (κ3) is 4.70. The van der Waals surface area contributed by atoms with Crippen LogP contribution in [0.1, 0.15) is 24.8 Å². The minimum atomic E-state index is -4.46. The molecule has 2 aromatic rings. The number of rotatable bonds is 5. The minimum absolute atomic E-state index is 0. The van der Waals surface area contributed by atoms with E-state index >= 15 is 0 Å². The summed E-state index contributed by atoms with van der Waals surface area (Å²) in [5.74, 6) is -0.00161. The summed E-state index contributed by atoms with van der Waals surface area (Å²) in [5, 5.41) is 1.95. The highest BCUT2D eigenvalue weighted by atomic mass is 19.4. The molecule has 2 aromatic heterocycles. The van der Waals surface area contributed by atoms with Crippen LogP contribution in [0.4, 0.5) is 19.0 Å². The maximum absolute atomic E-state index is 12.5. The molecule has 1 atom stereocenters. The monoisotopic (exact) mass is 436 g/mol. The standard InChI is InChI=1S/C20H21F3N6O2.H2/c21-20(22,23)12-26-18(30)15-4-3-9-29(15)16-5-6-24-17(27-16)13-10-14(25-11-13)19(31)28-7-1-2-8-28;/h1-2,5-6,10-11,15,25H,3-4,7-9,12H2,(H,26,30);1H/t15-;/m1./s1. The van der Waals surface area contributed by atoms with E-state index in [2.05, 4.69) is 15.0 Å². The van der Waals surface area contributed by atoms with Crippen molar-refractivity contribution in [1.29, 1.82) is 0 Å². The second kappa shape index (κ2) is 8.40. The zero-order valence-electron chi connectivity index (χ0n) is 16.5. The molecule has 0 bridgehead atoms. The Morgan fingerprint density at radius 3 is 2.81 bits per heavy atom. The molecule has 4 rings (SSSR count). The summed E-state index contributed by atoms with van der Waals surface area (Å²) in [7, 11) is 0. The molecule has 1 saturated heterocycles. The first-order valence-corrected chi connectivity index (χ1v) is 9.89. The largest absolute Gasteiger partial charge is 0.405 e. The van der Waals surface area contributed by atoms with Gasteiger partial charge in [-0.15, -0.1) is 0 Å². The molecule has 2 amide bonds. The number of aromatic amines is 1. The number of hydrogen-bond acceptors (Lipinski definition) is 5. The van der Waals surface area contributed by atoms with Gasteiger partial charge in [0, 0.05) is 39.0 Å². The third-order valence-electron chi connectivity index (χ3n) is 5.23. The van der Waals surface area contributed by atoms with Crippen LogP contribution >= 0.6 is 0 Å². The summed E-state index contributed by atoms with van der Waals surface area (Å²) in [6.07, 6.45) is 3.64. The first kappa shape index (κ1) is 20.9. The Balaban J connectivity index is 0.00000289. The molecule has 166 valence electrons. The van der Waals surface area contributed by atoms with Crippen molar-refractivity contribution in [3.05, 3.63) is 42.4 Å². The van der Waals surface area contributed by atoms with Gasteiger partial charge >= 0.3 is 6.18 Å². The van der Waals surface area contributed by atoms with E-state index in [9.17, 15) is 22.8 Å². The predicted molar refractivity (Wildman–Crippen MR) is 108 cm³/mol. The summed E-state index contributed by atoms with van der Waals surface area (Å²) in [6, 6.07) is 2.56. The van der Waals surface area contributed by atoms with Crippen molar-refractivity contribution in [2.75, 3.05) is 31.1 Å². The van der Waals surface area contributed by atoms with Crippen LogP contribution in [0.25, 0.3) is 11.4 Å². The lowest BCUT2D eigenvalue weighted by atomic mass is 10.2. The van der Waals surface area contributed by atoms with Gasteiger partial charge in [0.1, 0.15) is 24.1 Å². The van der Waals surface area contributed by atoms with Gasteiger partial charge in [-0.25, -0.2) is 9.97 Å². The lowest BCUT2D eigenvalue weighted by Gasteiger charge is -2.25. The number of nitrogens with zero attached hydrogens (tertiary/aromatic N) is 4. The Kier molecular flexibility index (Phi) is 5.66. The van der Waals surface area contributed by atoms with Gasteiger partial charge in [-0.3, -0.25) is 9.59 Å². The summed E-state index contributed by atoms with van der Waals surface area (Å²) < 4.78 is 37.3. The number of hydrogen-bond donors (Lipinski definition) is 2. The zero-order valence-corrected chi connectivity index (χ0v) is 16.5. The van der Waals surface area contributed by atoms with Crippen LogP contribution in [-0.2, 0) is 4.79 Å². The number of carbonyl (C=O) groups is 2. The van der Waals surface area contributed by atoms with Gasteiger partial charge < -0.3 is 20.1 Å². The Morgan fingerprint density at radius 1 is 1.29 bits per heavy atom. The summed E-state index contributed by atoms with van der Waals surface area (Å²) in [4.78, 5) is 39.8. The molecule has 0 aliphatic carbocycles. The Morgan fingerprint density at radius 2 is 2.06 bits per heavy atom. The van der Waals surface area contributed by atoms with E-state index in [0.29, 0.717) is 55.4 Å². The van der Waals surface area contributed by atoms with Crippen molar-refractivity contribution >= 4 is 17.6 Å². The molecule has 0 radical (unpaired) electrons. The highest BCUT2D eigenvalue weighted by Gasteiger charge is 2.35. The molecule has 1 fully saturated rings. The number of halogens is 3. The molecular formula is C20H23F3N6O2. The van der Waals surface area contributed by atoms with Crippen molar-refractivity contribution in [2.45, 2.75) is 25.1 Å². The van der Waals surface area contributed by atoms with Crippen molar-refractivity contribution in [3.8, 4) is 11.4 Å². The molecule has 31 heavy (non-hydrogen) atoms. The fourth-order valence-electron chi connectivity index (χ4n) is 3.73. The smallest absolute Gasteiger partial charge is 0.356 e. The molecule has 0 spiro atoms.